The minimum Gasteiger partial charge on any atom is -0.478 e. The summed E-state index contributed by atoms with van der Waals surface area (Å²) in [6.45, 7) is 4.72. The number of hydrogen-bond donors (Lipinski definition) is 2. The average molecular weight is 272 g/mol. The zero-order valence-electron chi connectivity index (χ0n) is 8.80. The molecule has 4 heteroatoms. The van der Waals surface area contributed by atoms with Crippen LogP contribution in [-0.2, 0) is 0 Å². The molecule has 1 rings (SSSR count). The largest absolute Gasteiger partial charge is 0.478 e. The van der Waals surface area contributed by atoms with Gasteiger partial charge in [-0.15, -0.1) is 0 Å². The van der Waals surface area contributed by atoms with Crippen molar-refractivity contribution in [2.75, 3.05) is 11.9 Å². The van der Waals surface area contributed by atoms with Crippen molar-refractivity contribution in [2.24, 2.45) is 0 Å². The minimum absolute atomic E-state index is 0.315. The first-order valence-corrected chi connectivity index (χ1v) is 5.63. The van der Waals surface area contributed by atoms with Gasteiger partial charge in [0.2, 0.25) is 0 Å². The molecular weight excluding hydrogens is 258 g/mol. The van der Waals surface area contributed by atoms with Crippen LogP contribution in [0.4, 0.5) is 5.69 Å². The van der Waals surface area contributed by atoms with E-state index in [9.17, 15) is 4.79 Å². The summed E-state index contributed by atoms with van der Waals surface area (Å²) in [6.07, 6.45) is 0.967. The van der Waals surface area contributed by atoms with Crippen LogP contribution in [0, 0.1) is 6.92 Å². The molecular formula is C11H14BrNO2. The Bertz CT molecular complexity index is 377. The first-order valence-electron chi connectivity index (χ1n) is 4.83. The number of aromatic carboxylic acids is 1. The van der Waals surface area contributed by atoms with E-state index in [0.29, 0.717) is 11.3 Å². The van der Waals surface area contributed by atoms with E-state index in [1.807, 2.05) is 19.9 Å². The van der Waals surface area contributed by atoms with Crippen LogP contribution >= 0.6 is 15.9 Å². The van der Waals surface area contributed by atoms with Crippen molar-refractivity contribution < 1.29 is 9.90 Å². The number of carboxylic acid groups (broad SMARTS) is 1. The SMILES string of the molecule is CCCNc1c(C)cc(Br)cc1C(=O)O. The van der Waals surface area contributed by atoms with Crippen molar-refractivity contribution in [3.63, 3.8) is 0 Å². The van der Waals surface area contributed by atoms with Crippen LogP contribution < -0.4 is 5.32 Å². The maximum atomic E-state index is 11.0. The number of halogens is 1. The van der Waals surface area contributed by atoms with E-state index >= 15 is 0 Å². The van der Waals surface area contributed by atoms with Gasteiger partial charge >= 0.3 is 5.97 Å². The molecule has 2 N–H and O–H groups in total. The minimum atomic E-state index is -0.905. The van der Waals surface area contributed by atoms with Crippen molar-refractivity contribution in [3.05, 3.63) is 27.7 Å². The van der Waals surface area contributed by atoms with Crippen LogP contribution in [0.5, 0.6) is 0 Å². The molecule has 3 nitrogen and oxygen atoms in total. The van der Waals surface area contributed by atoms with Crippen LogP contribution in [0.25, 0.3) is 0 Å². The smallest absolute Gasteiger partial charge is 0.337 e. The molecule has 1 aromatic carbocycles. The molecule has 82 valence electrons. The van der Waals surface area contributed by atoms with Gasteiger partial charge in [-0.2, -0.15) is 0 Å². The summed E-state index contributed by atoms with van der Waals surface area (Å²) in [5.74, 6) is -0.905. The lowest BCUT2D eigenvalue weighted by Crippen LogP contribution is -2.08. The van der Waals surface area contributed by atoms with Crippen molar-refractivity contribution in [2.45, 2.75) is 20.3 Å². The highest BCUT2D eigenvalue weighted by molar-refractivity contribution is 9.10. The van der Waals surface area contributed by atoms with Crippen molar-refractivity contribution >= 4 is 27.6 Å². The maximum Gasteiger partial charge on any atom is 0.337 e. The topological polar surface area (TPSA) is 49.3 Å². The Morgan fingerprint density at radius 1 is 1.53 bits per heavy atom. The highest BCUT2D eigenvalue weighted by atomic mass is 79.9. The number of carbonyl (C=O) groups is 1. The molecule has 0 aromatic heterocycles. The molecule has 0 saturated heterocycles. The molecule has 0 aliphatic rings. The molecule has 0 heterocycles. The lowest BCUT2D eigenvalue weighted by molar-refractivity contribution is 0.0697. The molecule has 15 heavy (non-hydrogen) atoms. The van der Waals surface area contributed by atoms with Gasteiger partial charge in [0, 0.05) is 11.0 Å². The summed E-state index contributed by atoms with van der Waals surface area (Å²) >= 11 is 3.29. The summed E-state index contributed by atoms with van der Waals surface area (Å²) in [4.78, 5) is 11.0. The highest BCUT2D eigenvalue weighted by Gasteiger charge is 2.12. The van der Waals surface area contributed by atoms with Gasteiger partial charge in [0.1, 0.15) is 0 Å². The molecule has 0 bridgehead atoms. The van der Waals surface area contributed by atoms with E-state index in [1.54, 1.807) is 6.07 Å². The first-order chi connectivity index (χ1) is 7.06. The van der Waals surface area contributed by atoms with E-state index < -0.39 is 5.97 Å². The summed E-state index contributed by atoms with van der Waals surface area (Å²) in [7, 11) is 0. The number of benzene rings is 1. The quantitative estimate of drug-likeness (QED) is 0.884. The van der Waals surface area contributed by atoms with Gasteiger partial charge in [0.25, 0.3) is 0 Å². The van der Waals surface area contributed by atoms with Crippen molar-refractivity contribution in [1.82, 2.24) is 0 Å². The molecule has 0 fully saturated rings. The maximum absolute atomic E-state index is 11.0. The van der Waals surface area contributed by atoms with Crippen LogP contribution in [-0.4, -0.2) is 17.6 Å². The third-order valence-corrected chi connectivity index (χ3v) is 2.54. The molecule has 0 saturated carbocycles. The first kappa shape index (κ1) is 12.0. The number of rotatable bonds is 4. The Morgan fingerprint density at radius 2 is 2.20 bits per heavy atom. The lowest BCUT2D eigenvalue weighted by atomic mass is 10.1. The average Bonchev–Trinajstić information content (AvgIpc) is 2.15. The Balaban J connectivity index is 3.15. The second-order valence-electron chi connectivity index (χ2n) is 3.38. The Labute approximate surface area is 97.6 Å². The second kappa shape index (κ2) is 5.16. The third-order valence-electron chi connectivity index (χ3n) is 2.08. The fourth-order valence-electron chi connectivity index (χ4n) is 1.40. The highest BCUT2D eigenvalue weighted by Crippen LogP contribution is 2.25. The summed E-state index contributed by atoms with van der Waals surface area (Å²) < 4.78 is 0.791. The molecule has 1 aromatic rings. The van der Waals surface area contributed by atoms with Gasteiger partial charge in [-0.1, -0.05) is 22.9 Å². The van der Waals surface area contributed by atoms with Crippen molar-refractivity contribution in [3.8, 4) is 0 Å². The van der Waals surface area contributed by atoms with E-state index in [4.69, 9.17) is 5.11 Å². The summed E-state index contributed by atoms with van der Waals surface area (Å²) in [6, 6.07) is 3.53. The monoisotopic (exact) mass is 271 g/mol. The van der Waals surface area contributed by atoms with Gasteiger partial charge in [-0.3, -0.25) is 0 Å². The van der Waals surface area contributed by atoms with Crippen LogP contribution in [0.1, 0.15) is 29.3 Å². The second-order valence-corrected chi connectivity index (χ2v) is 4.29. The molecule has 0 unspecified atom stereocenters. The van der Waals surface area contributed by atoms with E-state index in [1.165, 1.54) is 0 Å². The third kappa shape index (κ3) is 2.96. The molecule has 0 atom stereocenters. The van der Waals surface area contributed by atoms with Gasteiger partial charge in [-0.25, -0.2) is 4.79 Å². The normalized spacial score (nSPS) is 10.1. The molecule has 0 radical (unpaired) electrons. The van der Waals surface area contributed by atoms with Crippen LogP contribution in [0.15, 0.2) is 16.6 Å². The number of hydrogen-bond acceptors (Lipinski definition) is 2. The standard InChI is InChI=1S/C11H14BrNO2/c1-3-4-13-10-7(2)5-8(12)6-9(10)11(14)15/h5-6,13H,3-4H2,1-2H3,(H,14,15). The predicted octanol–water partition coefficient (Wildman–Crippen LogP) is 3.28. The fourth-order valence-corrected chi connectivity index (χ4v) is 1.97. The van der Waals surface area contributed by atoms with Gasteiger partial charge < -0.3 is 10.4 Å². The predicted molar refractivity (Wildman–Crippen MR) is 64.6 cm³/mol. The van der Waals surface area contributed by atoms with Gasteiger partial charge in [0.15, 0.2) is 0 Å². The Hall–Kier alpha value is -1.03. The number of carboxylic acids is 1. The number of anilines is 1. The fraction of sp³-hybridized carbons (Fsp3) is 0.364. The zero-order valence-corrected chi connectivity index (χ0v) is 10.4. The van der Waals surface area contributed by atoms with Crippen molar-refractivity contribution in [1.29, 1.82) is 0 Å². The number of nitrogens with one attached hydrogen (secondary N) is 1. The summed E-state index contributed by atoms with van der Waals surface area (Å²) in [5, 5.41) is 12.2. The molecule has 0 aliphatic heterocycles. The van der Waals surface area contributed by atoms with Gasteiger partial charge in [0.05, 0.1) is 11.3 Å². The van der Waals surface area contributed by atoms with E-state index in [-0.39, 0.29) is 0 Å². The van der Waals surface area contributed by atoms with Gasteiger partial charge in [-0.05, 0) is 31.0 Å². The van der Waals surface area contributed by atoms with E-state index in [2.05, 4.69) is 21.2 Å². The number of aryl methyl sites for hydroxylation is 1. The Kier molecular flexibility index (Phi) is 4.15. The molecule has 0 spiro atoms. The Morgan fingerprint density at radius 3 is 2.73 bits per heavy atom. The lowest BCUT2D eigenvalue weighted by Gasteiger charge is -2.12. The zero-order chi connectivity index (χ0) is 11.4. The summed E-state index contributed by atoms with van der Waals surface area (Å²) in [5.41, 5.74) is 1.97. The van der Waals surface area contributed by atoms with E-state index in [0.717, 1.165) is 23.0 Å². The van der Waals surface area contributed by atoms with Crippen LogP contribution in [0.3, 0.4) is 0 Å². The van der Waals surface area contributed by atoms with Crippen LogP contribution in [0.2, 0.25) is 0 Å². The molecule has 0 amide bonds. The molecule has 0 aliphatic carbocycles.